The number of carbonyl (C=O) groups excluding carboxylic acids is 1. The number of benzene rings is 1. The third-order valence-corrected chi connectivity index (χ3v) is 11.3. The van der Waals surface area contributed by atoms with Gasteiger partial charge in [0.2, 0.25) is 0 Å². The van der Waals surface area contributed by atoms with Crippen molar-refractivity contribution in [3.8, 4) is 0 Å². The first kappa shape index (κ1) is 47.1. The summed E-state index contributed by atoms with van der Waals surface area (Å²) in [6.07, 6.45) is 17.2. The van der Waals surface area contributed by atoms with Gasteiger partial charge in [0.15, 0.2) is 0 Å². The van der Waals surface area contributed by atoms with Crippen LogP contribution in [0.3, 0.4) is 0 Å². The molecule has 1 N–H and O–H groups in total. The fourth-order valence-corrected chi connectivity index (χ4v) is 8.31. The highest BCUT2D eigenvalue weighted by Crippen LogP contribution is 2.52. The number of fused-ring (bicyclic) bond motifs is 3. The minimum atomic E-state index is -3.18. The summed E-state index contributed by atoms with van der Waals surface area (Å²) in [7, 11) is -3.18. The molecule has 0 spiro atoms. The Kier molecular flexibility index (Phi) is 23.5. The summed E-state index contributed by atoms with van der Waals surface area (Å²) in [6, 6.07) is 8.15. The fourth-order valence-electron chi connectivity index (χ4n) is 6.76. The van der Waals surface area contributed by atoms with Crippen LogP contribution in [0.5, 0.6) is 0 Å². The summed E-state index contributed by atoms with van der Waals surface area (Å²) < 4.78 is 21.9. The molecule has 2 saturated heterocycles. The van der Waals surface area contributed by atoms with Gasteiger partial charge in [0.05, 0.1) is 0 Å². The number of pyridine rings is 1. The van der Waals surface area contributed by atoms with Crippen molar-refractivity contribution in [3.05, 3.63) is 81.5 Å². The van der Waals surface area contributed by atoms with Crippen LogP contribution in [-0.4, -0.2) is 70.8 Å². The number of likely N-dealkylation sites (tertiary alicyclic amines) is 2. The maximum atomic E-state index is 13.8. The quantitative estimate of drug-likeness (QED) is 0.285. The maximum Gasteiger partial charge on any atom is 0.316 e. The Bertz CT molecular complexity index is 1510. The molecule has 1 aromatic carbocycles. The van der Waals surface area contributed by atoms with E-state index in [1.54, 1.807) is 18.8 Å². The van der Waals surface area contributed by atoms with Crippen LogP contribution in [0.25, 0.3) is 10.8 Å². The molecule has 0 saturated carbocycles. The zero-order chi connectivity index (χ0) is 39.1. The molecule has 1 aromatic heterocycles. The van der Waals surface area contributed by atoms with Gasteiger partial charge in [-0.25, -0.2) is 4.67 Å². The van der Waals surface area contributed by atoms with Gasteiger partial charge in [-0.2, -0.15) is 0 Å². The average Bonchev–Trinajstić information content (AvgIpc) is 3.65. The Morgan fingerprint density at radius 2 is 1.46 bits per heavy atom. The van der Waals surface area contributed by atoms with Crippen molar-refractivity contribution in [2.45, 2.75) is 140 Å². The molecule has 6 rings (SSSR count). The molecule has 4 aliphatic rings. The zero-order valence-electron chi connectivity index (χ0n) is 34.7. The molecule has 1 aliphatic carbocycles. The zero-order valence-corrected chi connectivity index (χ0v) is 35.6. The van der Waals surface area contributed by atoms with Crippen LogP contribution in [-0.2, 0) is 26.8 Å². The molecule has 1 atom stereocenters. The number of aromatic nitrogens is 1. The molecule has 0 bridgehead atoms. The molecule has 1 unspecified atom stereocenters. The molecule has 52 heavy (non-hydrogen) atoms. The minimum Gasteiger partial charge on any atom is -0.437 e. The summed E-state index contributed by atoms with van der Waals surface area (Å²) in [5.74, 6) is 0.640. The number of amides is 1. The van der Waals surface area contributed by atoms with Gasteiger partial charge < -0.3 is 19.3 Å². The van der Waals surface area contributed by atoms with Crippen molar-refractivity contribution in [2.24, 2.45) is 0 Å². The number of unbranched alkanes of at least 4 members (excludes halogenated alkanes) is 2. The molecule has 9 heteroatoms. The Morgan fingerprint density at radius 3 is 2.04 bits per heavy atom. The van der Waals surface area contributed by atoms with Gasteiger partial charge in [-0.1, -0.05) is 119 Å². The molecular formula is C43H73N4O4P. The highest BCUT2D eigenvalue weighted by Gasteiger charge is 2.33. The largest absolute Gasteiger partial charge is 0.437 e. The Balaban J connectivity index is 0.000000923. The molecule has 0 radical (unpaired) electrons. The van der Waals surface area contributed by atoms with E-state index >= 15 is 0 Å². The Morgan fingerprint density at radius 1 is 0.865 bits per heavy atom. The summed E-state index contributed by atoms with van der Waals surface area (Å²) in [5, 5.41) is 1.54. The first-order valence-electron chi connectivity index (χ1n) is 20.6. The summed E-state index contributed by atoms with van der Waals surface area (Å²) >= 11 is 0. The van der Waals surface area contributed by atoms with Gasteiger partial charge in [0.1, 0.15) is 5.76 Å². The second kappa shape index (κ2) is 25.9. The van der Waals surface area contributed by atoms with Crippen LogP contribution < -0.4 is 5.56 Å². The monoisotopic (exact) mass is 741 g/mol. The lowest BCUT2D eigenvalue weighted by molar-refractivity contribution is -0.128. The van der Waals surface area contributed by atoms with Crippen molar-refractivity contribution in [1.29, 1.82) is 0 Å². The maximum absolute atomic E-state index is 13.8. The van der Waals surface area contributed by atoms with E-state index in [9.17, 15) is 14.2 Å². The van der Waals surface area contributed by atoms with Gasteiger partial charge >= 0.3 is 7.52 Å². The third kappa shape index (κ3) is 13.5. The minimum absolute atomic E-state index is 0.0526. The van der Waals surface area contributed by atoms with Gasteiger partial charge in [-0.3, -0.25) is 14.2 Å². The van der Waals surface area contributed by atoms with Crippen LogP contribution in [0.1, 0.15) is 132 Å². The number of nitrogens with one attached hydrogen (secondary N) is 1. The summed E-state index contributed by atoms with van der Waals surface area (Å²) in [4.78, 5) is 33.3. The number of H-pyrrole nitrogens is 1. The van der Waals surface area contributed by atoms with Crippen LogP contribution in [0.15, 0.2) is 64.7 Å². The van der Waals surface area contributed by atoms with Crippen LogP contribution in [0.2, 0.25) is 0 Å². The number of rotatable bonds is 7. The fraction of sp³-hybridized carbons (Fsp3) is 0.628. The van der Waals surface area contributed by atoms with E-state index in [4.69, 9.17) is 4.52 Å². The predicted molar refractivity (Wildman–Crippen MR) is 224 cm³/mol. The normalized spacial score (nSPS) is 18.2. The lowest BCUT2D eigenvalue weighted by Crippen LogP contribution is -2.46. The number of aromatic amines is 1. The number of nitrogens with zero attached hydrogens (tertiary/aromatic N) is 3. The molecule has 2 fully saturated rings. The number of hydrogen-bond acceptors (Lipinski definition) is 5. The van der Waals surface area contributed by atoms with Gasteiger partial charge in [0.25, 0.3) is 11.5 Å². The average molecular weight is 741 g/mol. The van der Waals surface area contributed by atoms with Gasteiger partial charge in [-0.15, -0.1) is 0 Å². The molecule has 3 aliphatic heterocycles. The second-order valence-electron chi connectivity index (χ2n) is 12.5. The van der Waals surface area contributed by atoms with E-state index in [0.717, 1.165) is 42.6 Å². The molecule has 294 valence electrons. The summed E-state index contributed by atoms with van der Waals surface area (Å²) in [6.45, 7) is 27.0. The first-order valence-corrected chi connectivity index (χ1v) is 22.6. The van der Waals surface area contributed by atoms with Crippen LogP contribution >= 0.6 is 7.52 Å². The van der Waals surface area contributed by atoms with Crippen LogP contribution in [0, 0.1) is 0 Å². The predicted octanol–water partition coefficient (Wildman–Crippen LogP) is 10.9. The molecular weight excluding hydrogens is 667 g/mol. The van der Waals surface area contributed by atoms with Crippen molar-refractivity contribution in [1.82, 2.24) is 19.5 Å². The van der Waals surface area contributed by atoms with E-state index in [2.05, 4.69) is 23.7 Å². The topological polar surface area (TPSA) is 86.0 Å². The molecule has 2 aromatic rings. The highest BCUT2D eigenvalue weighted by molar-refractivity contribution is 7.55. The number of carbonyl (C=O) groups is 1. The van der Waals surface area contributed by atoms with Crippen molar-refractivity contribution in [3.63, 3.8) is 0 Å². The Hall–Kier alpha value is -2.93. The molecule has 8 nitrogen and oxygen atoms in total. The number of allylic oxidation sites excluding steroid dienone is 3. The van der Waals surface area contributed by atoms with Gasteiger partial charge in [0, 0.05) is 68.4 Å². The van der Waals surface area contributed by atoms with E-state index < -0.39 is 7.52 Å². The van der Waals surface area contributed by atoms with E-state index in [1.807, 2.05) is 101 Å². The van der Waals surface area contributed by atoms with Crippen molar-refractivity contribution < 1.29 is 13.9 Å². The standard InChI is InChI=1S/C30H37N4O4P.C5H12.4C2H6/c1-39(37,34-20-15-28-27(21-34)25-9-2-3-10-26(25)29(35)31-28)38-24-8-6-7-22(11-12-24)30(36)33-18-13-23(14-19-33)32-16-4-5-17-32;1-3-5-4-2;4*1-2/h2-3,6-7,9-12,23H,4-5,8,13-21H2,1H3,(H,31,35);3-5H2,1-2H3;4*1-2H3. The summed E-state index contributed by atoms with van der Waals surface area (Å²) in [5.41, 5.74) is 2.46. The van der Waals surface area contributed by atoms with Crippen LogP contribution in [0.4, 0.5) is 0 Å². The van der Waals surface area contributed by atoms with Crippen molar-refractivity contribution in [2.75, 3.05) is 39.4 Å². The Labute approximate surface area is 317 Å². The van der Waals surface area contributed by atoms with E-state index in [0.29, 0.717) is 48.7 Å². The smallest absolute Gasteiger partial charge is 0.316 e. The lowest BCUT2D eigenvalue weighted by Gasteiger charge is -2.36. The lowest BCUT2D eigenvalue weighted by atomic mass is 10.0. The van der Waals surface area contributed by atoms with Gasteiger partial charge in [-0.05, 0) is 67.9 Å². The molecule has 1 amide bonds. The number of piperidine rings is 1. The second-order valence-corrected chi connectivity index (χ2v) is 14.8. The highest BCUT2D eigenvalue weighted by atomic mass is 31.2. The first-order chi connectivity index (χ1) is 25.3. The SMILES string of the molecule is CC.CC.CC.CC.CCCCC.CP(=O)(OC1=CC=C(C(=O)N2CCC(N3CCCC3)CC2)C=CC1)N1CCc2[nH]c(=O)c3ccccc3c2C1. The van der Waals surface area contributed by atoms with E-state index in [1.165, 1.54) is 45.2 Å². The van der Waals surface area contributed by atoms with Crippen molar-refractivity contribution >= 4 is 24.2 Å². The third-order valence-electron chi connectivity index (χ3n) is 9.31. The number of hydrogen-bond donors (Lipinski definition) is 1. The van der Waals surface area contributed by atoms with E-state index in [-0.39, 0.29) is 11.5 Å². The molecule has 4 heterocycles.